The zero-order valence-corrected chi connectivity index (χ0v) is 19.4. The molecule has 0 saturated carbocycles. The average molecular weight is 463 g/mol. The molecule has 2 heterocycles. The molecule has 0 spiro atoms. The minimum Gasteiger partial charge on any atom is -0.493 e. The molecule has 0 fully saturated rings. The molecule has 8 heteroatoms. The first-order valence-electron chi connectivity index (χ1n) is 10.7. The van der Waals surface area contributed by atoms with Crippen LogP contribution < -0.4 is 14.8 Å². The molecule has 34 heavy (non-hydrogen) atoms. The van der Waals surface area contributed by atoms with Crippen molar-refractivity contribution in [3.63, 3.8) is 0 Å². The zero-order valence-electron chi connectivity index (χ0n) is 19.4. The number of aromatic amines is 1. The Kier molecular flexibility index (Phi) is 6.58. The van der Waals surface area contributed by atoms with Gasteiger partial charge in [-0.1, -0.05) is 18.2 Å². The predicted molar refractivity (Wildman–Crippen MR) is 127 cm³/mol. The van der Waals surface area contributed by atoms with Crippen LogP contribution in [0.5, 0.6) is 11.5 Å². The number of fused-ring (bicyclic) bond motifs is 1. The van der Waals surface area contributed by atoms with E-state index in [1.165, 1.54) is 7.11 Å². The Morgan fingerprint density at radius 2 is 1.76 bits per heavy atom. The van der Waals surface area contributed by atoms with Gasteiger partial charge in [-0.05, 0) is 48.7 Å². The predicted octanol–water partition coefficient (Wildman–Crippen LogP) is 4.27. The molecular formula is C26H26N2O6. The second-order valence-electron chi connectivity index (χ2n) is 7.79. The molecule has 0 aliphatic rings. The SMILES string of the molecule is COC(=O)[C@@H](Cc1cc2ccccc2[nH]1)NC(=O)c1cc(-c2ccc(OC)c(OC)c2)oc1C. The van der Waals surface area contributed by atoms with Crippen LogP contribution in [0.25, 0.3) is 22.2 Å². The number of furan rings is 1. The molecule has 176 valence electrons. The van der Waals surface area contributed by atoms with Gasteiger partial charge in [0.25, 0.3) is 5.91 Å². The number of H-pyrrole nitrogens is 1. The van der Waals surface area contributed by atoms with E-state index in [9.17, 15) is 9.59 Å². The van der Waals surface area contributed by atoms with E-state index in [0.29, 0.717) is 28.6 Å². The van der Waals surface area contributed by atoms with Crippen LogP contribution in [-0.4, -0.2) is 44.2 Å². The molecule has 0 unspecified atom stereocenters. The monoisotopic (exact) mass is 462 g/mol. The Morgan fingerprint density at radius 3 is 2.47 bits per heavy atom. The highest BCUT2D eigenvalue weighted by molar-refractivity contribution is 5.98. The number of carbonyl (C=O) groups is 2. The second kappa shape index (κ2) is 9.74. The van der Waals surface area contributed by atoms with Crippen LogP contribution in [0.2, 0.25) is 0 Å². The topological polar surface area (TPSA) is 103 Å². The highest BCUT2D eigenvalue weighted by Crippen LogP contribution is 2.34. The summed E-state index contributed by atoms with van der Waals surface area (Å²) in [5.41, 5.74) is 2.82. The molecule has 1 amide bonds. The third kappa shape index (κ3) is 4.61. The number of para-hydroxylation sites is 1. The Bertz CT molecular complexity index is 1300. The number of rotatable bonds is 8. The van der Waals surface area contributed by atoms with E-state index in [2.05, 4.69) is 10.3 Å². The van der Waals surface area contributed by atoms with E-state index in [1.807, 2.05) is 36.4 Å². The molecule has 1 atom stereocenters. The fraction of sp³-hybridized carbons (Fsp3) is 0.231. The molecule has 2 N–H and O–H groups in total. The van der Waals surface area contributed by atoms with Gasteiger partial charge in [0.1, 0.15) is 17.6 Å². The number of aryl methyl sites for hydroxylation is 1. The molecule has 2 aromatic heterocycles. The maximum atomic E-state index is 13.1. The second-order valence-corrected chi connectivity index (χ2v) is 7.79. The minimum absolute atomic E-state index is 0.256. The highest BCUT2D eigenvalue weighted by Gasteiger charge is 2.26. The third-order valence-corrected chi connectivity index (χ3v) is 5.63. The van der Waals surface area contributed by atoms with E-state index in [0.717, 1.165) is 22.2 Å². The number of methoxy groups -OCH3 is 3. The van der Waals surface area contributed by atoms with Crippen molar-refractivity contribution in [1.82, 2.24) is 10.3 Å². The van der Waals surface area contributed by atoms with Crippen LogP contribution >= 0.6 is 0 Å². The van der Waals surface area contributed by atoms with Gasteiger partial charge < -0.3 is 28.9 Å². The maximum absolute atomic E-state index is 13.1. The molecule has 0 aliphatic carbocycles. The standard InChI is InChI=1S/C26H26N2O6/c1-15-19(14-23(34-15)17-9-10-22(31-2)24(12-17)32-3)25(29)28-21(26(30)33-4)13-18-11-16-7-5-6-8-20(16)27-18/h5-12,14,21,27H,13H2,1-4H3,(H,28,29)/t21-/m1/s1. The zero-order chi connectivity index (χ0) is 24.2. The summed E-state index contributed by atoms with van der Waals surface area (Å²) in [6.07, 6.45) is 0.256. The van der Waals surface area contributed by atoms with Gasteiger partial charge in [-0.15, -0.1) is 0 Å². The Morgan fingerprint density at radius 1 is 1.00 bits per heavy atom. The fourth-order valence-electron chi connectivity index (χ4n) is 3.87. The van der Waals surface area contributed by atoms with Crippen LogP contribution in [0.4, 0.5) is 0 Å². The molecule has 0 bridgehead atoms. The molecule has 4 aromatic rings. The van der Waals surface area contributed by atoms with Crippen molar-refractivity contribution in [2.45, 2.75) is 19.4 Å². The Labute approximate surface area is 196 Å². The summed E-state index contributed by atoms with van der Waals surface area (Å²) < 4.78 is 21.4. The van der Waals surface area contributed by atoms with Gasteiger partial charge in [-0.25, -0.2) is 4.79 Å². The van der Waals surface area contributed by atoms with E-state index in [4.69, 9.17) is 18.6 Å². The smallest absolute Gasteiger partial charge is 0.328 e. The first kappa shape index (κ1) is 23.0. The molecule has 0 saturated heterocycles. The first-order valence-corrected chi connectivity index (χ1v) is 10.7. The summed E-state index contributed by atoms with van der Waals surface area (Å²) >= 11 is 0. The summed E-state index contributed by atoms with van der Waals surface area (Å²) in [4.78, 5) is 28.8. The lowest BCUT2D eigenvalue weighted by molar-refractivity contribution is -0.142. The van der Waals surface area contributed by atoms with Crippen LogP contribution in [0.15, 0.2) is 59.0 Å². The summed E-state index contributed by atoms with van der Waals surface area (Å²) in [7, 11) is 4.41. The van der Waals surface area contributed by atoms with E-state index in [-0.39, 0.29) is 6.42 Å². The van der Waals surface area contributed by atoms with Crippen molar-refractivity contribution >= 4 is 22.8 Å². The number of hydrogen-bond acceptors (Lipinski definition) is 6. The number of esters is 1. The van der Waals surface area contributed by atoms with Gasteiger partial charge in [0.15, 0.2) is 11.5 Å². The Balaban J connectivity index is 1.56. The number of hydrogen-bond donors (Lipinski definition) is 2. The summed E-state index contributed by atoms with van der Waals surface area (Å²) in [5, 5.41) is 3.81. The lowest BCUT2D eigenvalue weighted by Crippen LogP contribution is -2.43. The lowest BCUT2D eigenvalue weighted by atomic mass is 10.1. The average Bonchev–Trinajstić information content (AvgIpc) is 3.45. The number of aromatic nitrogens is 1. The van der Waals surface area contributed by atoms with Crippen molar-refractivity contribution in [3.8, 4) is 22.8 Å². The summed E-state index contributed by atoms with van der Waals surface area (Å²) in [6.45, 7) is 1.70. The third-order valence-electron chi connectivity index (χ3n) is 5.63. The van der Waals surface area contributed by atoms with Gasteiger partial charge in [-0.2, -0.15) is 0 Å². The largest absolute Gasteiger partial charge is 0.493 e. The number of ether oxygens (including phenoxy) is 3. The number of amides is 1. The number of carbonyl (C=O) groups excluding carboxylic acids is 2. The van der Waals surface area contributed by atoms with E-state index >= 15 is 0 Å². The maximum Gasteiger partial charge on any atom is 0.328 e. The molecule has 2 aromatic carbocycles. The first-order chi connectivity index (χ1) is 16.4. The van der Waals surface area contributed by atoms with Gasteiger partial charge in [0.2, 0.25) is 0 Å². The molecule has 0 radical (unpaired) electrons. The minimum atomic E-state index is -0.871. The lowest BCUT2D eigenvalue weighted by Gasteiger charge is -2.15. The summed E-state index contributed by atoms with van der Waals surface area (Å²) in [6, 6.07) is 15.9. The van der Waals surface area contributed by atoms with Crippen molar-refractivity contribution in [2.24, 2.45) is 0 Å². The van der Waals surface area contributed by atoms with E-state index < -0.39 is 17.9 Å². The van der Waals surface area contributed by atoms with Crippen LogP contribution in [0, 0.1) is 6.92 Å². The van der Waals surface area contributed by atoms with Crippen LogP contribution in [0.3, 0.4) is 0 Å². The van der Waals surface area contributed by atoms with Crippen molar-refractivity contribution in [3.05, 3.63) is 71.6 Å². The van der Waals surface area contributed by atoms with Crippen molar-refractivity contribution in [2.75, 3.05) is 21.3 Å². The van der Waals surface area contributed by atoms with Crippen LogP contribution in [0.1, 0.15) is 21.8 Å². The number of nitrogens with one attached hydrogen (secondary N) is 2. The molecule has 8 nitrogen and oxygen atoms in total. The number of benzene rings is 2. The van der Waals surface area contributed by atoms with Gasteiger partial charge >= 0.3 is 5.97 Å². The van der Waals surface area contributed by atoms with Crippen molar-refractivity contribution < 1.29 is 28.2 Å². The van der Waals surface area contributed by atoms with Crippen molar-refractivity contribution in [1.29, 1.82) is 0 Å². The fourth-order valence-corrected chi connectivity index (χ4v) is 3.87. The van der Waals surface area contributed by atoms with Gasteiger partial charge in [0, 0.05) is 23.2 Å². The Hall–Kier alpha value is -4.20. The normalized spacial score (nSPS) is 11.8. The quantitative estimate of drug-likeness (QED) is 0.379. The van der Waals surface area contributed by atoms with Gasteiger partial charge in [-0.3, -0.25) is 4.79 Å². The van der Waals surface area contributed by atoms with Gasteiger partial charge in [0.05, 0.1) is 26.9 Å². The molecular weight excluding hydrogens is 436 g/mol. The molecule has 4 rings (SSSR count). The van der Waals surface area contributed by atoms with E-state index in [1.54, 1.807) is 39.3 Å². The molecule has 0 aliphatic heterocycles. The highest BCUT2D eigenvalue weighted by atomic mass is 16.5. The summed E-state index contributed by atoms with van der Waals surface area (Å²) in [5.74, 6) is 1.09. The van der Waals surface area contributed by atoms with Crippen LogP contribution in [-0.2, 0) is 16.0 Å².